The maximum absolute atomic E-state index is 11.7. The van der Waals surface area contributed by atoms with E-state index in [1.54, 1.807) is 7.11 Å². The largest absolute Gasteiger partial charge is 0.497 e. The Morgan fingerprint density at radius 3 is 2.87 bits per heavy atom. The van der Waals surface area contributed by atoms with Crippen molar-refractivity contribution in [3.05, 3.63) is 30.0 Å². The summed E-state index contributed by atoms with van der Waals surface area (Å²) >= 11 is 0. The van der Waals surface area contributed by atoms with Gasteiger partial charge in [0.2, 0.25) is 5.91 Å². The van der Waals surface area contributed by atoms with Gasteiger partial charge in [0.1, 0.15) is 5.75 Å². The van der Waals surface area contributed by atoms with E-state index in [2.05, 4.69) is 33.5 Å². The van der Waals surface area contributed by atoms with E-state index in [1.165, 1.54) is 10.9 Å². The van der Waals surface area contributed by atoms with Crippen molar-refractivity contribution in [1.82, 2.24) is 15.2 Å². The molecule has 0 unspecified atom stereocenters. The minimum atomic E-state index is 0.128. The summed E-state index contributed by atoms with van der Waals surface area (Å²) in [6, 6.07) is 6.17. The highest BCUT2D eigenvalue weighted by Gasteiger charge is 2.23. The number of piperidine rings is 1. The Kier molecular flexibility index (Phi) is 4.86. The average Bonchev–Trinajstić information content (AvgIpc) is 2.98. The summed E-state index contributed by atoms with van der Waals surface area (Å²) < 4.78 is 5.35. The number of amides is 1. The van der Waals surface area contributed by atoms with Crippen LogP contribution in [0, 0.1) is 0 Å². The summed E-state index contributed by atoms with van der Waals surface area (Å²) in [5, 5.41) is 4.12. The fourth-order valence-corrected chi connectivity index (χ4v) is 3.44. The smallest absolute Gasteiger partial charge is 0.234 e. The summed E-state index contributed by atoms with van der Waals surface area (Å²) in [4.78, 5) is 17.3. The Hall–Kier alpha value is -2.01. The zero-order valence-electron chi connectivity index (χ0n) is 13.9. The molecule has 0 spiro atoms. The zero-order valence-corrected chi connectivity index (χ0v) is 13.9. The van der Waals surface area contributed by atoms with Crippen molar-refractivity contribution in [3.8, 4) is 5.75 Å². The Bertz CT molecular complexity index is 672. The summed E-state index contributed by atoms with van der Waals surface area (Å²) in [7, 11) is 1.70. The molecule has 2 N–H and O–H groups in total. The topological polar surface area (TPSA) is 57.4 Å². The van der Waals surface area contributed by atoms with Crippen LogP contribution in [0.3, 0.4) is 0 Å². The number of carbonyl (C=O) groups excluding carboxylic acids is 1. The molecule has 1 fully saturated rings. The number of hydrogen-bond acceptors (Lipinski definition) is 3. The van der Waals surface area contributed by atoms with E-state index in [0.717, 1.165) is 37.2 Å². The third-order valence-corrected chi connectivity index (χ3v) is 4.69. The van der Waals surface area contributed by atoms with Gasteiger partial charge in [-0.3, -0.25) is 9.69 Å². The van der Waals surface area contributed by atoms with Gasteiger partial charge in [0.15, 0.2) is 0 Å². The van der Waals surface area contributed by atoms with Crippen LogP contribution in [0.4, 0.5) is 0 Å². The molecular weight excluding hydrogens is 290 g/mol. The molecule has 2 heterocycles. The van der Waals surface area contributed by atoms with Crippen LogP contribution in [-0.4, -0.2) is 49.1 Å². The summed E-state index contributed by atoms with van der Waals surface area (Å²) in [6.07, 6.45) is 4.31. The quantitative estimate of drug-likeness (QED) is 0.891. The highest BCUT2D eigenvalue weighted by atomic mass is 16.5. The molecule has 5 heteroatoms. The highest BCUT2D eigenvalue weighted by molar-refractivity contribution is 5.85. The Balaban J connectivity index is 1.67. The van der Waals surface area contributed by atoms with Crippen molar-refractivity contribution in [1.29, 1.82) is 0 Å². The first-order valence-corrected chi connectivity index (χ1v) is 8.35. The maximum Gasteiger partial charge on any atom is 0.234 e. The second-order valence-electron chi connectivity index (χ2n) is 6.16. The third-order valence-electron chi connectivity index (χ3n) is 4.69. The lowest BCUT2D eigenvalue weighted by Gasteiger charge is -2.31. The fraction of sp³-hybridized carbons (Fsp3) is 0.500. The second kappa shape index (κ2) is 7.04. The van der Waals surface area contributed by atoms with E-state index < -0.39 is 0 Å². The van der Waals surface area contributed by atoms with E-state index in [4.69, 9.17) is 4.74 Å². The Labute approximate surface area is 137 Å². The molecule has 124 valence electrons. The number of fused-ring (bicyclic) bond motifs is 1. The van der Waals surface area contributed by atoms with Crippen LogP contribution < -0.4 is 10.1 Å². The van der Waals surface area contributed by atoms with Crippen LogP contribution in [0.25, 0.3) is 10.9 Å². The zero-order chi connectivity index (χ0) is 16.2. The Morgan fingerprint density at radius 1 is 1.39 bits per heavy atom. The van der Waals surface area contributed by atoms with Gasteiger partial charge in [-0.15, -0.1) is 0 Å². The summed E-state index contributed by atoms with van der Waals surface area (Å²) in [6.45, 7) is 5.11. The summed E-state index contributed by atoms with van der Waals surface area (Å²) in [5.41, 5.74) is 2.53. The molecular formula is C18H25N3O2. The number of nitrogens with zero attached hydrogens (tertiary/aromatic N) is 1. The average molecular weight is 315 g/mol. The van der Waals surface area contributed by atoms with E-state index in [-0.39, 0.29) is 5.91 Å². The first-order chi connectivity index (χ1) is 11.2. The van der Waals surface area contributed by atoms with Gasteiger partial charge in [0.05, 0.1) is 13.7 Å². The van der Waals surface area contributed by atoms with E-state index in [0.29, 0.717) is 19.0 Å². The maximum atomic E-state index is 11.7. The number of hydrogen-bond donors (Lipinski definition) is 2. The third kappa shape index (κ3) is 3.50. The van der Waals surface area contributed by atoms with Gasteiger partial charge in [0.25, 0.3) is 0 Å². The fourth-order valence-electron chi connectivity index (χ4n) is 3.44. The first-order valence-electron chi connectivity index (χ1n) is 8.35. The minimum Gasteiger partial charge on any atom is -0.497 e. The van der Waals surface area contributed by atoms with Crippen molar-refractivity contribution >= 4 is 16.8 Å². The predicted octanol–water partition coefficient (Wildman–Crippen LogP) is 2.49. The number of methoxy groups -OCH3 is 1. The lowest BCUT2D eigenvalue weighted by molar-refractivity contribution is -0.122. The van der Waals surface area contributed by atoms with Gasteiger partial charge in [-0.25, -0.2) is 0 Å². The van der Waals surface area contributed by atoms with Crippen LogP contribution in [-0.2, 0) is 4.79 Å². The van der Waals surface area contributed by atoms with Crippen LogP contribution in [0.1, 0.15) is 31.2 Å². The number of aromatic nitrogens is 1. The standard InChI is InChI=1S/C18H25N3O2/c1-3-19-18(22)12-21-8-6-13(7-9-21)16-11-20-17-5-4-14(23-2)10-15(16)17/h4-5,10-11,13,20H,3,6-9,12H2,1-2H3,(H,19,22). The van der Waals surface area contributed by atoms with Crippen molar-refractivity contribution in [2.75, 3.05) is 33.3 Å². The molecule has 2 aromatic rings. The van der Waals surface area contributed by atoms with Crippen molar-refractivity contribution in [3.63, 3.8) is 0 Å². The Morgan fingerprint density at radius 2 is 2.17 bits per heavy atom. The molecule has 1 aromatic carbocycles. The molecule has 0 aliphatic carbocycles. The summed E-state index contributed by atoms with van der Waals surface area (Å²) in [5.74, 6) is 1.57. The molecule has 1 aromatic heterocycles. The van der Waals surface area contributed by atoms with E-state index in [9.17, 15) is 4.79 Å². The van der Waals surface area contributed by atoms with Crippen LogP contribution in [0.15, 0.2) is 24.4 Å². The molecule has 1 aliphatic heterocycles. The number of carbonyl (C=O) groups is 1. The first kappa shape index (κ1) is 15.9. The van der Waals surface area contributed by atoms with Crippen molar-refractivity contribution in [2.45, 2.75) is 25.7 Å². The van der Waals surface area contributed by atoms with E-state index >= 15 is 0 Å². The molecule has 0 saturated carbocycles. The highest BCUT2D eigenvalue weighted by Crippen LogP contribution is 2.34. The second-order valence-corrected chi connectivity index (χ2v) is 6.16. The molecule has 1 amide bonds. The number of ether oxygens (including phenoxy) is 1. The van der Waals surface area contributed by atoms with Crippen LogP contribution in [0.5, 0.6) is 5.75 Å². The van der Waals surface area contributed by atoms with Gasteiger partial charge >= 0.3 is 0 Å². The predicted molar refractivity (Wildman–Crippen MR) is 91.9 cm³/mol. The molecule has 1 aliphatic rings. The molecule has 1 saturated heterocycles. The molecule has 0 radical (unpaired) electrons. The lowest BCUT2D eigenvalue weighted by atomic mass is 9.89. The van der Waals surface area contributed by atoms with Gasteiger partial charge in [-0.2, -0.15) is 0 Å². The molecule has 5 nitrogen and oxygen atoms in total. The number of aromatic amines is 1. The monoisotopic (exact) mass is 315 g/mol. The number of nitrogens with one attached hydrogen (secondary N) is 2. The van der Waals surface area contributed by atoms with Gasteiger partial charge in [0, 0.05) is 23.6 Å². The van der Waals surface area contributed by atoms with Crippen molar-refractivity contribution in [2.24, 2.45) is 0 Å². The normalized spacial score (nSPS) is 16.6. The molecule has 0 atom stereocenters. The molecule has 23 heavy (non-hydrogen) atoms. The lowest BCUT2D eigenvalue weighted by Crippen LogP contribution is -2.41. The van der Waals surface area contributed by atoms with Crippen LogP contribution in [0.2, 0.25) is 0 Å². The number of likely N-dealkylation sites (tertiary alicyclic amines) is 1. The van der Waals surface area contributed by atoms with Gasteiger partial charge < -0.3 is 15.0 Å². The molecule has 3 rings (SSSR count). The van der Waals surface area contributed by atoms with E-state index in [1.807, 2.05) is 13.0 Å². The minimum absolute atomic E-state index is 0.128. The molecule has 0 bridgehead atoms. The van der Waals surface area contributed by atoms with Crippen molar-refractivity contribution < 1.29 is 9.53 Å². The number of H-pyrrole nitrogens is 1. The number of benzene rings is 1. The number of rotatable bonds is 5. The van der Waals surface area contributed by atoms with Gasteiger partial charge in [-0.1, -0.05) is 0 Å². The van der Waals surface area contributed by atoms with Crippen LogP contribution >= 0.6 is 0 Å². The SMILES string of the molecule is CCNC(=O)CN1CCC(c2c[nH]c3ccc(OC)cc23)CC1. The van der Waals surface area contributed by atoms with Gasteiger partial charge in [-0.05, 0) is 62.5 Å². The number of likely N-dealkylation sites (N-methyl/N-ethyl adjacent to an activating group) is 1.